The van der Waals surface area contributed by atoms with Crippen LogP contribution in [-0.2, 0) is 4.79 Å². The Bertz CT molecular complexity index is 656. The van der Waals surface area contributed by atoms with E-state index in [2.05, 4.69) is 6.58 Å². The molecule has 19 heteroatoms. The summed E-state index contributed by atoms with van der Waals surface area (Å²) in [5.41, 5.74) is 0. The molecule has 0 bridgehead atoms. The number of rotatable bonds is 9. The zero-order valence-electron chi connectivity index (χ0n) is 14.7. The Hall–Kier alpha value is -1.92. The highest BCUT2D eigenvalue weighted by molar-refractivity contribution is 5.78. The van der Waals surface area contributed by atoms with Gasteiger partial charge in [0.2, 0.25) is 0 Å². The van der Waals surface area contributed by atoms with Crippen LogP contribution in [0.3, 0.4) is 0 Å². The molecule has 0 fully saturated rings. The van der Waals surface area contributed by atoms with Gasteiger partial charge in [0.15, 0.2) is 0 Å². The third kappa shape index (κ3) is 5.52. The Morgan fingerprint density at radius 3 is 1.25 bits per heavy atom. The lowest BCUT2D eigenvalue weighted by atomic mass is 9.89. The number of halogens is 15. The number of hydrogen-bond acceptors (Lipinski definition) is 3. The fourth-order valence-corrected chi connectivity index (χ4v) is 1.49. The van der Waals surface area contributed by atoms with Gasteiger partial charge in [-0.3, -0.25) is 0 Å². The topological polar surface area (TPSA) is 77.8 Å². The van der Waals surface area contributed by atoms with Crippen molar-refractivity contribution < 1.29 is 86.0 Å². The lowest BCUT2D eigenvalue weighted by Gasteiger charge is -2.41. The molecule has 0 aliphatic heterocycles. The van der Waals surface area contributed by atoms with Crippen LogP contribution >= 0.6 is 0 Å². The van der Waals surface area contributed by atoms with Crippen molar-refractivity contribution in [2.45, 2.75) is 54.2 Å². The van der Waals surface area contributed by atoms with Gasteiger partial charge in [-0.05, 0) is 0 Å². The summed E-state index contributed by atoms with van der Waals surface area (Å²) in [4.78, 5) is 9.25. The Kier molecular flexibility index (Phi) is 9.60. The van der Waals surface area contributed by atoms with Crippen LogP contribution in [0.15, 0.2) is 12.7 Å². The van der Waals surface area contributed by atoms with Gasteiger partial charge < -0.3 is 15.3 Å². The van der Waals surface area contributed by atoms with Gasteiger partial charge in [-0.1, -0.05) is 6.58 Å². The maximum atomic E-state index is 13.2. The first-order chi connectivity index (χ1) is 13.7. The molecule has 0 spiro atoms. The van der Waals surface area contributed by atoms with E-state index in [4.69, 9.17) is 15.3 Å². The lowest BCUT2D eigenvalue weighted by Crippen LogP contribution is -2.72. The van der Waals surface area contributed by atoms with Gasteiger partial charge >= 0.3 is 47.7 Å². The zero-order chi connectivity index (χ0) is 26.8. The molecular weight excluding hydrogens is 505 g/mol. The molecule has 32 heavy (non-hydrogen) atoms. The highest BCUT2D eigenvalue weighted by Crippen LogP contribution is 2.62. The number of aliphatic carboxylic acids is 1. The summed E-state index contributed by atoms with van der Waals surface area (Å²) in [5, 5.41) is 24.3. The van der Waals surface area contributed by atoms with Crippen molar-refractivity contribution in [3.63, 3.8) is 0 Å². The quantitative estimate of drug-likeness (QED) is 0.315. The van der Waals surface area contributed by atoms with Gasteiger partial charge in [0.05, 0.1) is 12.7 Å². The van der Waals surface area contributed by atoms with Crippen LogP contribution in [0.25, 0.3) is 0 Å². The number of aliphatic hydroxyl groups excluding tert-OH is 2. The summed E-state index contributed by atoms with van der Waals surface area (Å²) in [6.45, 7) is 1.12. The molecule has 0 amide bonds. The molecule has 0 heterocycles. The van der Waals surface area contributed by atoms with Crippen LogP contribution in [-0.4, -0.2) is 75.7 Å². The number of carbonyl (C=O) groups is 1. The second-order valence-corrected chi connectivity index (χ2v) is 5.66. The first-order valence-electron chi connectivity index (χ1n) is 7.20. The molecule has 0 radical (unpaired) electrons. The van der Waals surface area contributed by atoms with Crippen molar-refractivity contribution in [2.75, 3.05) is 6.61 Å². The van der Waals surface area contributed by atoms with Crippen molar-refractivity contribution in [1.29, 1.82) is 0 Å². The van der Waals surface area contributed by atoms with E-state index in [1.54, 1.807) is 0 Å². The van der Waals surface area contributed by atoms with Crippen LogP contribution in [0.1, 0.15) is 6.42 Å². The Morgan fingerprint density at radius 1 is 0.719 bits per heavy atom. The molecule has 0 aliphatic carbocycles. The molecule has 0 aromatic carbocycles. The molecule has 0 saturated heterocycles. The van der Waals surface area contributed by atoms with Crippen molar-refractivity contribution >= 4 is 5.97 Å². The number of carboxylic acids is 1. The van der Waals surface area contributed by atoms with Crippen molar-refractivity contribution in [1.82, 2.24) is 0 Å². The smallest absolute Gasteiger partial charge is 0.460 e. The summed E-state index contributed by atoms with van der Waals surface area (Å²) in [5.74, 6) is -48.0. The van der Waals surface area contributed by atoms with Crippen molar-refractivity contribution in [3.05, 3.63) is 12.7 Å². The molecule has 1 atom stereocenters. The van der Waals surface area contributed by atoms with Crippen LogP contribution in [0.2, 0.25) is 0 Å². The molecule has 1 unspecified atom stereocenters. The number of alkyl halides is 15. The molecule has 0 aromatic heterocycles. The fraction of sp³-hybridized carbons (Fsp3) is 0.769. The summed E-state index contributed by atoms with van der Waals surface area (Å²) < 4.78 is 191. The third-order valence-electron chi connectivity index (χ3n) is 3.27. The molecule has 0 rings (SSSR count). The summed E-state index contributed by atoms with van der Waals surface area (Å²) in [6, 6.07) is 0. The standard InChI is InChI=1S/C10H7F15O2.C3H4O2/c11-4(12,1-3(27)2-26)5(13,14)6(15,16)7(17,18)8(19,20)9(21,22)10(23,24)25;1-2-3(4)5/h3,26-27H,1-2H2;2H,1H2,(H,4,5). The van der Waals surface area contributed by atoms with Gasteiger partial charge in [0.25, 0.3) is 0 Å². The largest absolute Gasteiger partial charge is 0.478 e. The molecule has 0 aromatic rings. The van der Waals surface area contributed by atoms with Crippen LogP contribution < -0.4 is 0 Å². The van der Waals surface area contributed by atoms with E-state index < -0.39 is 66.8 Å². The van der Waals surface area contributed by atoms with Gasteiger partial charge in [-0.15, -0.1) is 0 Å². The molecule has 3 N–H and O–H groups in total. The van der Waals surface area contributed by atoms with Crippen molar-refractivity contribution in [3.8, 4) is 0 Å². The second-order valence-electron chi connectivity index (χ2n) is 5.66. The molecule has 192 valence electrons. The predicted molar refractivity (Wildman–Crippen MR) is 71.3 cm³/mol. The first kappa shape index (κ1) is 32.3. The van der Waals surface area contributed by atoms with Gasteiger partial charge in [-0.2, -0.15) is 65.9 Å². The fourth-order valence-electron chi connectivity index (χ4n) is 1.49. The highest BCUT2D eigenvalue weighted by Gasteiger charge is 2.93. The van der Waals surface area contributed by atoms with Crippen LogP contribution in [0, 0.1) is 0 Å². The Morgan fingerprint density at radius 2 is 1.00 bits per heavy atom. The highest BCUT2D eigenvalue weighted by atomic mass is 19.4. The average molecular weight is 516 g/mol. The maximum absolute atomic E-state index is 13.2. The minimum atomic E-state index is -8.35. The summed E-state index contributed by atoms with van der Waals surface area (Å²) >= 11 is 0. The molecule has 4 nitrogen and oxygen atoms in total. The average Bonchev–Trinajstić information content (AvgIpc) is 2.59. The zero-order valence-corrected chi connectivity index (χ0v) is 14.7. The van der Waals surface area contributed by atoms with Crippen molar-refractivity contribution in [2.24, 2.45) is 0 Å². The van der Waals surface area contributed by atoms with E-state index >= 15 is 0 Å². The van der Waals surface area contributed by atoms with E-state index in [9.17, 15) is 70.7 Å². The summed E-state index contributed by atoms with van der Waals surface area (Å²) in [6.07, 6.45) is -12.8. The number of aliphatic hydroxyl groups is 2. The summed E-state index contributed by atoms with van der Waals surface area (Å²) in [7, 11) is 0. The minimum absolute atomic E-state index is 0.833. The lowest BCUT2D eigenvalue weighted by molar-refractivity contribution is -0.453. The number of carboxylic acid groups (broad SMARTS) is 1. The van der Waals surface area contributed by atoms with Crippen LogP contribution in [0.5, 0.6) is 0 Å². The van der Waals surface area contributed by atoms with E-state index in [0.29, 0.717) is 0 Å². The van der Waals surface area contributed by atoms with Crippen LogP contribution in [0.4, 0.5) is 65.9 Å². The normalized spacial score (nSPS) is 15.5. The number of hydrogen-bond donors (Lipinski definition) is 3. The van der Waals surface area contributed by atoms with Gasteiger partial charge in [0, 0.05) is 12.5 Å². The predicted octanol–water partition coefficient (Wildman–Crippen LogP) is 4.36. The monoisotopic (exact) mass is 516 g/mol. The van der Waals surface area contributed by atoms with E-state index in [1.807, 2.05) is 0 Å². The Labute approximate surface area is 166 Å². The van der Waals surface area contributed by atoms with Gasteiger partial charge in [-0.25, -0.2) is 4.79 Å². The van der Waals surface area contributed by atoms with E-state index in [0.717, 1.165) is 6.08 Å². The molecule has 0 saturated carbocycles. The minimum Gasteiger partial charge on any atom is -0.478 e. The van der Waals surface area contributed by atoms with E-state index in [-0.39, 0.29) is 0 Å². The van der Waals surface area contributed by atoms with Gasteiger partial charge in [0.1, 0.15) is 0 Å². The molecular formula is C13H11F15O4. The SMILES string of the molecule is C=CC(=O)O.OCC(O)CC(F)(F)C(F)(F)C(F)(F)C(F)(F)C(F)(F)C(F)(F)C(F)(F)F. The van der Waals surface area contributed by atoms with E-state index in [1.165, 1.54) is 0 Å². The maximum Gasteiger partial charge on any atom is 0.460 e. The molecule has 0 aliphatic rings. The second kappa shape index (κ2) is 9.52. The third-order valence-corrected chi connectivity index (χ3v) is 3.27. The first-order valence-corrected chi connectivity index (χ1v) is 7.20. The Balaban J connectivity index is 0.